The number of hydrogen-bond acceptors (Lipinski definition) is 8. The van der Waals surface area contributed by atoms with Crippen LogP contribution in [-0.2, 0) is 0 Å². The van der Waals surface area contributed by atoms with Gasteiger partial charge < -0.3 is 20.4 Å². The van der Waals surface area contributed by atoms with Gasteiger partial charge in [-0.05, 0) is 47.5 Å². The lowest BCUT2D eigenvalue weighted by molar-refractivity contribution is -0.388. The van der Waals surface area contributed by atoms with Crippen LogP contribution in [0, 0.1) is 20.2 Å². The SMILES string of the molecule is O=C(O)c1cc(C(=O)O)cc(-c2cc([N+](=O)[O-])c(-c3cc(C(=O)O)cc(C(=O)O)c3)cc2[N+](=O)[O-])c1. The van der Waals surface area contributed by atoms with Crippen LogP contribution >= 0.6 is 0 Å². The topological polar surface area (TPSA) is 235 Å². The maximum atomic E-state index is 11.9. The van der Waals surface area contributed by atoms with E-state index in [2.05, 4.69) is 0 Å². The van der Waals surface area contributed by atoms with E-state index in [0.29, 0.717) is 12.1 Å². The third-order valence-electron chi connectivity index (χ3n) is 4.98. The molecule has 36 heavy (non-hydrogen) atoms. The van der Waals surface area contributed by atoms with Gasteiger partial charge in [0.15, 0.2) is 0 Å². The van der Waals surface area contributed by atoms with Gasteiger partial charge in [0.25, 0.3) is 11.4 Å². The third-order valence-corrected chi connectivity index (χ3v) is 4.98. The number of carbonyl (C=O) groups is 4. The Morgan fingerprint density at radius 1 is 0.500 bits per heavy atom. The van der Waals surface area contributed by atoms with E-state index in [1.165, 1.54) is 0 Å². The number of carboxylic acid groups (broad SMARTS) is 4. The fourth-order valence-corrected chi connectivity index (χ4v) is 3.40. The molecule has 0 saturated carbocycles. The first-order chi connectivity index (χ1) is 16.8. The molecule has 0 atom stereocenters. The minimum Gasteiger partial charge on any atom is -0.478 e. The Labute approximate surface area is 198 Å². The second kappa shape index (κ2) is 9.30. The average Bonchev–Trinajstić information content (AvgIpc) is 2.82. The first-order valence-electron chi connectivity index (χ1n) is 9.51. The third kappa shape index (κ3) is 4.81. The van der Waals surface area contributed by atoms with Crippen LogP contribution < -0.4 is 0 Å². The van der Waals surface area contributed by atoms with Crippen LogP contribution in [0.5, 0.6) is 0 Å². The van der Waals surface area contributed by atoms with Gasteiger partial charge in [0, 0.05) is 12.1 Å². The molecule has 0 radical (unpaired) electrons. The lowest BCUT2D eigenvalue weighted by atomic mass is 9.93. The molecule has 3 aromatic carbocycles. The Morgan fingerprint density at radius 2 is 0.750 bits per heavy atom. The van der Waals surface area contributed by atoms with Gasteiger partial charge >= 0.3 is 23.9 Å². The highest BCUT2D eigenvalue weighted by molar-refractivity contribution is 5.99. The monoisotopic (exact) mass is 496 g/mol. The van der Waals surface area contributed by atoms with Gasteiger partial charge in [-0.15, -0.1) is 0 Å². The zero-order chi connectivity index (χ0) is 26.9. The van der Waals surface area contributed by atoms with Gasteiger partial charge in [-0.2, -0.15) is 0 Å². The van der Waals surface area contributed by atoms with Gasteiger partial charge in [-0.1, -0.05) is 0 Å². The number of nitrogens with zero attached hydrogens (tertiary/aromatic N) is 2. The zero-order valence-electron chi connectivity index (χ0n) is 17.6. The molecular formula is C22H12N2O12. The summed E-state index contributed by atoms with van der Waals surface area (Å²) in [6, 6.07) is 6.59. The number of carboxylic acids is 4. The molecule has 14 nitrogen and oxygen atoms in total. The van der Waals surface area contributed by atoms with Gasteiger partial charge in [-0.3, -0.25) is 20.2 Å². The number of nitro groups is 2. The molecule has 0 spiro atoms. The summed E-state index contributed by atoms with van der Waals surface area (Å²) in [5, 5.41) is 60.9. The van der Waals surface area contributed by atoms with Crippen molar-refractivity contribution in [2.45, 2.75) is 0 Å². The van der Waals surface area contributed by atoms with Crippen molar-refractivity contribution in [3.8, 4) is 22.3 Å². The standard InChI is InChI=1S/C22H12N2O12/c25-19(26)11-1-9(2-12(5-11)20(27)28)15-7-18(24(35)36)16(8-17(15)23(33)34)10-3-13(21(29)30)6-14(4-10)22(31)32/h1-8H,(H,25,26)(H,27,28)(H,29,30)(H,31,32). The number of benzene rings is 3. The van der Waals surface area contributed by atoms with Crippen molar-refractivity contribution < 1.29 is 49.5 Å². The fourth-order valence-electron chi connectivity index (χ4n) is 3.40. The minimum atomic E-state index is -1.56. The molecule has 0 fully saturated rings. The molecule has 4 N–H and O–H groups in total. The Bertz CT molecular complexity index is 1330. The van der Waals surface area contributed by atoms with Crippen molar-refractivity contribution in [1.29, 1.82) is 0 Å². The quantitative estimate of drug-likeness (QED) is 0.258. The average molecular weight is 496 g/mol. The van der Waals surface area contributed by atoms with Gasteiger partial charge in [0.05, 0.1) is 43.2 Å². The van der Waals surface area contributed by atoms with Gasteiger partial charge in [0.2, 0.25) is 0 Å². The van der Waals surface area contributed by atoms with E-state index in [4.69, 9.17) is 0 Å². The van der Waals surface area contributed by atoms with Crippen molar-refractivity contribution in [3.05, 3.63) is 91.0 Å². The first kappa shape index (κ1) is 25.0. The lowest BCUT2D eigenvalue weighted by Gasteiger charge is -2.11. The summed E-state index contributed by atoms with van der Waals surface area (Å²) in [4.78, 5) is 67.5. The normalized spacial score (nSPS) is 10.4. The number of aromatic carboxylic acids is 4. The van der Waals surface area contributed by atoms with E-state index in [1.807, 2.05) is 0 Å². The molecule has 3 rings (SSSR count). The molecule has 0 unspecified atom stereocenters. The van der Waals surface area contributed by atoms with Crippen LogP contribution in [0.3, 0.4) is 0 Å². The smallest absolute Gasteiger partial charge is 0.335 e. The predicted molar refractivity (Wildman–Crippen MR) is 118 cm³/mol. The highest BCUT2D eigenvalue weighted by Crippen LogP contribution is 2.41. The minimum absolute atomic E-state index is 0.320. The van der Waals surface area contributed by atoms with E-state index >= 15 is 0 Å². The maximum absolute atomic E-state index is 11.9. The summed E-state index contributed by atoms with van der Waals surface area (Å²) in [7, 11) is 0. The second-order valence-electron chi connectivity index (χ2n) is 7.22. The van der Waals surface area contributed by atoms with Crippen LogP contribution in [0.2, 0.25) is 0 Å². The fraction of sp³-hybridized carbons (Fsp3) is 0. The van der Waals surface area contributed by atoms with Crippen molar-refractivity contribution in [3.63, 3.8) is 0 Å². The van der Waals surface area contributed by atoms with Crippen molar-refractivity contribution >= 4 is 35.3 Å². The Balaban J connectivity index is 2.42. The summed E-state index contributed by atoms with van der Waals surface area (Å²) in [6.07, 6.45) is 0. The lowest BCUT2D eigenvalue weighted by Crippen LogP contribution is -2.05. The summed E-state index contributed by atoms with van der Waals surface area (Å²) in [5.41, 5.74) is -5.45. The highest BCUT2D eigenvalue weighted by Gasteiger charge is 2.28. The molecule has 0 heterocycles. The van der Waals surface area contributed by atoms with Crippen LogP contribution in [0.1, 0.15) is 41.4 Å². The Morgan fingerprint density at radius 3 is 0.944 bits per heavy atom. The summed E-state index contributed by atoms with van der Waals surface area (Å²) in [5.74, 6) is -6.22. The van der Waals surface area contributed by atoms with Crippen molar-refractivity contribution in [2.24, 2.45) is 0 Å². The molecule has 0 aromatic heterocycles. The Hall–Kier alpha value is -5.66. The molecule has 0 saturated heterocycles. The number of rotatable bonds is 8. The van der Waals surface area contributed by atoms with E-state index in [9.17, 15) is 59.8 Å². The molecular weight excluding hydrogens is 484 g/mol. The predicted octanol–water partition coefficient (Wildman–Crippen LogP) is 3.63. The number of nitro benzene ring substituents is 2. The van der Waals surface area contributed by atoms with Gasteiger partial charge in [0.1, 0.15) is 0 Å². The largest absolute Gasteiger partial charge is 0.478 e. The second-order valence-corrected chi connectivity index (χ2v) is 7.22. The van der Waals surface area contributed by atoms with E-state index in [-0.39, 0.29) is 11.1 Å². The van der Waals surface area contributed by atoms with E-state index in [0.717, 1.165) is 36.4 Å². The van der Waals surface area contributed by atoms with Crippen molar-refractivity contribution in [1.82, 2.24) is 0 Å². The van der Waals surface area contributed by atoms with E-state index in [1.54, 1.807) is 0 Å². The van der Waals surface area contributed by atoms with Crippen LogP contribution in [0.4, 0.5) is 11.4 Å². The van der Waals surface area contributed by atoms with Crippen molar-refractivity contribution in [2.75, 3.05) is 0 Å². The van der Waals surface area contributed by atoms with Crippen LogP contribution in [0.25, 0.3) is 22.3 Å². The molecule has 0 aliphatic carbocycles. The molecule has 14 heteroatoms. The molecule has 3 aromatic rings. The first-order valence-corrected chi connectivity index (χ1v) is 9.51. The molecule has 0 bridgehead atoms. The van der Waals surface area contributed by atoms with E-state index < -0.39 is 78.5 Å². The molecule has 0 aliphatic rings. The molecule has 182 valence electrons. The molecule has 0 amide bonds. The maximum Gasteiger partial charge on any atom is 0.335 e. The van der Waals surface area contributed by atoms with Gasteiger partial charge in [-0.25, -0.2) is 19.2 Å². The van der Waals surface area contributed by atoms with Crippen LogP contribution in [-0.4, -0.2) is 54.1 Å². The summed E-state index contributed by atoms with van der Waals surface area (Å²) in [6.45, 7) is 0. The zero-order valence-corrected chi connectivity index (χ0v) is 17.6. The van der Waals surface area contributed by atoms with Crippen LogP contribution in [0.15, 0.2) is 48.5 Å². The molecule has 0 aliphatic heterocycles. The summed E-state index contributed by atoms with van der Waals surface area (Å²) >= 11 is 0. The number of hydrogen-bond donors (Lipinski definition) is 4. The highest BCUT2D eigenvalue weighted by atomic mass is 16.6. The Kier molecular flexibility index (Phi) is 6.45. The summed E-state index contributed by atoms with van der Waals surface area (Å²) < 4.78 is 0.